The summed E-state index contributed by atoms with van der Waals surface area (Å²) in [6.07, 6.45) is 1.83. The standard InChI is InChI=1S/C13H17F2N3OS/c1-9-10(6-17-18(9)2)5-16-7-11-3-4-12(19-11)8-20-13(14)15/h3-4,6,13,16H,5,7-8H2,1-2H3. The lowest BCUT2D eigenvalue weighted by Crippen LogP contribution is -2.12. The molecule has 110 valence electrons. The van der Waals surface area contributed by atoms with Gasteiger partial charge in [0.2, 0.25) is 0 Å². The van der Waals surface area contributed by atoms with Gasteiger partial charge in [0, 0.05) is 24.8 Å². The molecule has 0 bridgehead atoms. The Morgan fingerprint density at radius 3 is 2.75 bits per heavy atom. The highest BCUT2D eigenvalue weighted by molar-refractivity contribution is 7.98. The molecule has 0 unspecified atom stereocenters. The lowest BCUT2D eigenvalue weighted by molar-refractivity contribution is 0.251. The Hall–Kier alpha value is -1.34. The van der Waals surface area contributed by atoms with E-state index in [1.54, 1.807) is 6.07 Å². The molecule has 0 spiro atoms. The van der Waals surface area contributed by atoms with Gasteiger partial charge < -0.3 is 9.73 Å². The number of hydrogen-bond donors (Lipinski definition) is 1. The van der Waals surface area contributed by atoms with Crippen LogP contribution in [0.2, 0.25) is 0 Å². The van der Waals surface area contributed by atoms with E-state index in [0.717, 1.165) is 17.0 Å². The molecule has 0 aliphatic heterocycles. The maximum absolute atomic E-state index is 12.1. The van der Waals surface area contributed by atoms with Crippen molar-refractivity contribution >= 4 is 11.8 Å². The predicted molar refractivity (Wildman–Crippen MR) is 74.5 cm³/mol. The average Bonchev–Trinajstić information content (AvgIpc) is 2.98. The van der Waals surface area contributed by atoms with Crippen molar-refractivity contribution in [2.45, 2.75) is 31.5 Å². The number of aromatic nitrogens is 2. The molecule has 0 radical (unpaired) electrons. The molecule has 0 amide bonds. The SMILES string of the molecule is Cc1c(CNCc2ccc(CSC(F)F)o2)cnn1C. The fourth-order valence-corrected chi connectivity index (χ4v) is 2.22. The van der Waals surface area contributed by atoms with Crippen molar-refractivity contribution < 1.29 is 13.2 Å². The first-order chi connectivity index (χ1) is 9.56. The summed E-state index contributed by atoms with van der Waals surface area (Å²) < 4.78 is 31.4. The predicted octanol–water partition coefficient (Wildman–Crippen LogP) is 3.07. The molecule has 0 saturated heterocycles. The van der Waals surface area contributed by atoms with Crippen LogP contribution in [-0.4, -0.2) is 15.5 Å². The van der Waals surface area contributed by atoms with Crippen molar-refractivity contribution in [2.24, 2.45) is 7.05 Å². The zero-order valence-electron chi connectivity index (χ0n) is 11.4. The topological polar surface area (TPSA) is 43.0 Å². The zero-order valence-corrected chi connectivity index (χ0v) is 12.2. The quantitative estimate of drug-likeness (QED) is 0.853. The van der Waals surface area contributed by atoms with Gasteiger partial charge in [0.1, 0.15) is 11.5 Å². The molecule has 7 heteroatoms. The van der Waals surface area contributed by atoms with Crippen LogP contribution in [0.1, 0.15) is 22.8 Å². The number of thioether (sulfide) groups is 1. The normalized spacial score (nSPS) is 11.4. The van der Waals surface area contributed by atoms with E-state index in [-0.39, 0.29) is 5.75 Å². The van der Waals surface area contributed by atoms with E-state index >= 15 is 0 Å². The van der Waals surface area contributed by atoms with E-state index in [1.807, 2.05) is 30.9 Å². The third-order valence-corrected chi connectivity index (χ3v) is 3.72. The fourth-order valence-electron chi connectivity index (χ4n) is 1.78. The van der Waals surface area contributed by atoms with Crippen molar-refractivity contribution in [1.29, 1.82) is 0 Å². The van der Waals surface area contributed by atoms with Crippen LogP contribution in [0.3, 0.4) is 0 Å². The summed E-state index contributed by atoms with van der Waals surface area (Å²) in [6.45, 7) is 3.27. The van der Waals surface area contributed by atoms with Crippen LogP contribution >= 0.6 is 11.8 Å². The molecule has 0 aromatic carbocycles. The first-order valence-corrected chi connectivity index (χ1v) is 7.26. The van der Waals surface area contributed by atoms with Crippen molar-refractivity contribution in [1.82, 2.24) is 15.1 Å². The maximum Gasteiger partial charge on any atom is 0.284 e. The number of nitrogens with zero attached hydrogens (tertiary/aromatic N) is 2. The van der Waals surface area contributed by atoms with Crippen molar-refractivity contribution in [3.8, 4) is 0 Å². The van der Waals surface area contributed by atoms with Crippen LogP contribution in [0.25, 0.3) is 0 Å². The number of rotatable bonds is 7. The highest BCUT2D eigenvalue weighted by atomic mass is 32.2. The van der Waals surface area contributed by atoms with Gasteiger partial charge in [-0.05, 0) is 19.1 Å². The molecule has 2 aromatic heterocycles. The maximum atomic E-state index is 12.1. The molecule has 0 aliphatic carbocycles. The molecule has 4 nitrogen and oxygen atoms in total. The second-order valence-corrected chi connectivity index (χ2v) is 5.40. The smallest absolute Gasteiger partial charge is 0.284 e. The third-order valence-electron chi connectivity index (χ3n) is 3.02. The van der Waals surface area contributed by atoms with Gasteiger partial charge in [-0.25, -0.2) is 0 Å². The minimum absolute atomic E-state index is 0.194. The Labute approximate surface area is 120 Å². The van der Waals surface area contributed by atoms with Crippen LogP contribution in [0.15, 0.2) is 22.7 Å². The third kappa shape index (κ3) is 4.08. The van der Waals surface area contributed by atoms with Crippen molar-refractivity contribution in [2.75, 3.05) is 0 Å². The summed E-state index contributed by atoms with van der Waals surface area (Å²) in [4.78, 5) is 0. The van der Waals surface area contributed by atoms with E-state index in [4.69, 9.17) is 4.42 Å². The number of alkyl halides is 2. The summed E-state index contributed by atoms with van der Waals surface area (Å²) >= 11 is 0.565. The Balaban J connectivity index is 1.78. The molecule has 0 atom stereocenters. The monoisotopic (exact) mass is 301 g/mol. The van der Waals surface area contributed by atoms with Gasteiger partial charge in [-0.3, -0.25) is 4.68 Å². The van der Waals surface area contributed by atoms with E-state index in [0.29, 0.717) is 30.6 Å². The Kier molecular flexibility index (Phi) is 5.19. The molecular formula is C13H17F2N3OS. The number of hydrogen-bond acceptors (Lipinski definition) is 4. The number of nitrogens with one attached hydrogen (secondary N) is 1. The molecule has 20 heavy (non-hydrogen) atoms. The van der Waals surface area contributed by atoms with Gasteiger partial charge in [-0.1, -0.05) is 11.8 Å². The molecule has 1 N–H and O–H groups in total. The van der Waals surface area contributed by atoms with Crippen LogP contribution in [-0.2, 0) is 25.9 Å². The van der Waals surface area contributed by atoms with E-state index in [2.05, 4.69) is 10.4 Å². The van der Waals surface area contributed by atoms with E-state index in [1.165, 1.54) is 0 Å². The molecule has 0 saturated carbocycles. The van der Waals surface area contributed by atoms with Gasteiger partial charge >= 0.3 is 0 Å². The molecule has 2 rings (SSSR count). The summed E-state index contributed by atoms with van der Waals surface area (Å²) in [5.41, 5.74) is 2.25. The highest BCUT2D eigenvalue weighted by Gasteiger charge is 2.08. The van der Waals surface area contributed by atoms with E-state index < -0.39 is 5.76 Å². The Bertz CT molecular complexity index is 554. The minimum Gasteiger partial charge on any atom is -0.464 e. The van der Waals surface area contributed by atoms with Gasteiger partial charge in [0.15, 0.2) is 0 Å². The molecule has 0 fully saturated rings. The second kappa shape index (κ2) is 6.90. The first-order valence-electron chi connectivity index (χ1n) is 6.22. The van der Waals surface area contributed by atoms with Crippen LogP contribution < -0.4 is 5.32 Å². The average molecular weight is 301 g/mol. The van der Waals surface area contributed by atoms with Crippen LogP contribution in [0, 0.1) is 6.92 Å². The van der Waals surface area contributed by atoms with Gasteiger partial charge in [0.05, 0.1) is 18.5 Å². The van der Waals surface area contributed by atoms with Crippen LogP contribution in [0.5, 0.6) is 0 Å². The summed E-state index contributed by atoms with van der Waals surface area (Å²) in [6, 6.07) is 3.55. The first kappa shape index (κ1) is 15.1. The lowest BCUT2D eigenvalue weighted by atomic mass is 10.2. The van der Waals surface area contributed by atoms with Crippen molar-refractivity contribution in [3.63, 3.8) is 0 Å². The van der Waals surface area contributed by atoms with Gasteiger partial charge in [0.25, 0.3) is 5.76 Å². The Morgan fingerprint density at radius 2 is 2.10 bits per heavy atom. The number of aryl methyl sites for hydroxylation is 1. The zero-order chi connectivity index (χ0) is 14.5. The van der Waals surface area contributed by atoms with Crippen LogP contribution in [0.4, 0.5) is 8.78 Å². The molecular weight excluding hydrogens is 284 g/mol. The number of halogens is 2. The second-order valence-electron chi connectivity index (χ2n) is 4.42. The largest absolute Gasteiger partial charge is 0.464 e. The van der Waals surface area contributed by atoms with E-state index in [9.17, 15) is 8.78 Å². The van der Waals surface area contributed by atoms with Crippen molar-refractivity contribution in [3.05, 3.63) is 41.1 Å². The lowest BCUT2D eigenvalue weighted by Gasteiger charge is -2.02. The summed E-state index contributed by atoms with van der Waals surface area (Å²) in [5.74, 6) is -0.851. The fraction of sp³-hybridized carbons (Fsp3) is 0.462. The summed E-state index contributed by atoms with van der Waals surface area (Å²) in [7, 11) is 1.90. The molecule has 2 heterocycles. The summed E-state index contributed by atoms with van der Waals surface area (Å²) in [5, 5.41) is 7.41. The van der Waals surface area contributed by atoms with Gasteiger partial charge in [-0.2, -0.15) is 13.9 Å². The number of furan rings is 1. The van der Waals surface area contributed by atoms with Gasteiger partial charge in [-0.15, -0.1) is 0 Å². The molecule has 2 aromatic rings. The Morgan fingerprint density at radius 1 is 1.35 bits per heavy atom. The minimum atomic E-state index is -2.37. The highest BCUT2D eigenvalue weighted by Crippen LogP contribution is 2.21. The molecule has 0 aliphatic rings.